The molecule has 0 saturated heterocycles. The lowest BCUT2D eigenvalue weighted by atomic mass is 10.1. The zero-order chi connectivity index (χ0) is 14.6. The molecule has 0 bridgehead atoms. The highest BCUT2D eigenvalue weighted by atomic mass is 16.4. The van der Waals surface area contributed by atoms with Crippen LogP contribution in [0.25, 0.3) is 0 Å². The van der Waals surface area contributed by atoms with Crippen LogP contribution in [0.3, 0.4) is 0 Å². The molecule has 0 saturated carbocycles. The van der Waals surface area contributed by atoms with Gasteiger partial charge >= 0.3 is 5.97 Å². The molecule has 6 heteroatoms. The molecule has 0 atom stereocenters. The van der Waals surface area contributed by atoms with Crippen LogP contribution in [-0.4, -0.2) is 34.1 Å². The number of carbonyl (C=O) groups excluding carboxylic acids is 1. The van der Waals surface area contributed by atoms with Gasteiger partial charge in [0.15, 0.2) is 0 Å². The molecule has 0 aliphatic rings. The molecule has 0 aromatic carbocycles. The number of anilines is 1. The van der Waals surface area contributed by atoms with Crippen molar-refractivity contribution in [1.29, 1.82) is 0 Å². The van der Waals surface area contributed by atoms with Gasteiger partial charge in [0.2, 0.25) is 5.91 Å². The maximum Gasteiger partial charge on any atom is 0.335 e. The second-order valence-electron chi connectivity index (χ2n) is 5.34. The van der Waals surface area contributed by atoms with Crippen LogP contribution >= 0.6 is 0 Å². The van der Waals surface area contributed by atoms with Crippen molar-refractivity contribution in [3.05, 3.63) is 23.4 Å². The van der Waals surface area contributed by atoms with E-state index < -0.39 is 5.97 Å². The Morgan fingerprint density at radius 2 is 1.95 bits per heavy atom. The monoisotopic (exact) mass is 265 g/mol. The molecule has 1 aromatic rings. The largest absolute Gasteiger partial charge is 0.478 e. The Balaban J connectivity index is 2.68. The molecule has 1 heterocycles. The summed E-state index contributed by atoms with van der Waals surface area (Å²) < 4.78 is 0. The van der Waals surface area contributed by atoms with E-state index in [1.54, 1.807) is 6.92 Å². The molecule has 3 N–H and O–H groups in total. The number of aromatic carboxylic acids is 1. The first-order chi connectivity index (χ1) is 8.67. The Morgan fingerprint density at radius 3 is 2.47 bits per heavy atom. The van der Waals surface area contributed by atoms with E-state index in [0.29, 0.717) is 11.5 Å². The molecule has 1 rings (SSSR count). The van der Waals surface area contributed by atoms with E-state index in [2.05, 4.69) is 15.6 Å². The van der Waals surface area contributed by atoms with E-state index in [4.69, 9.17) is 5.11 Å². The van der Waals surface area contributed by atoms with Crippen molar-refractivity contribution in [3.8, 4) is 0 Å². The lowest BCUT2D eigenvalue weighted by Crippen LogP contribution is -2.43. The summed E-state index contributed by atoms with van der Waals surface area (Å²) >= 11 is 0. The summed E-state index contributed by atoms with van der Waals surface area (Å²) in [4.78, 5) is 26.6. The van der Waals surface area contributed by atoms with Crippen molar-refractivity contribution in [1.82, 2.24) is 10.3 Å². The summed E-state index contributed by atoms with van der Waals surface area (Å²) in [5, 5.41) is 14.5. The maximum absolute atomic E-state index is 11.6. The summed E-state index contributed by atoms with van der Waals surface area (Å²) in [6.07, 6.45) is 0. The minimum Gasteiger partial charge on any atom is -0.478 e. The summed E-state index contributed by atoms with van der Waals surface area (Å²) in [5.41, 5.74) is 0.426. The summed E-state index contributed by atoms with van der Waals surface area (Å²) in [6, 6.07) is 2.88. The fraction of sp³-hybridized carbons (Fsp3) is 0.462. The highest BCUT2D eigenvalue weighted by molar-refractivity contribution is 5.89. The molecule has 0 spiro atoms. The van der Waals surface area contributed by atoms with Crippen molar-refractivity contribution < 1.29 is 14.7 Å². The predicted molar refractivity (Wildman–Crippen MR) is 72.3 cm³/mol. The fourth-order valence-corrected chi connectivity index (χ4v) is 1.52. The number of pyridine rings is 1. The van der Waals surface area contributed by atoms with Crippen molar-refractivity contribution in [3.63, 3.8) is 0 Å². The van der Waals surface area contributed by atoms with Crippen LogP contribution in [0.15, 0.2) is 12.1 Å². The Labute approximate surface area is 112 Å². The number of carboxylic acids is 1. The summed E-state index contributed by atoms with van der Waals surface area (Å²) in [7, 11) is 0. The Morgan fingerprint density at radius 1 is 1.32 bits per heavy atom. The number of carbonyl (C=O) groups is 2. The van der Waals surface area contributed by atoms with Crippen LogP contribution in [0.5, 0.6) is 0 Å². The van der Waals surface area contributed by atoms with Gasteiger partial charge in [-0.1, -0.05) is 0 Å². The first-order valence-electron chi connectivity index (χ1n) is 5.94. The number of rotatable bonds is 4. The number of amides is 1. The topological polar surface area (TPSA) is 91.3 Å². The molecular formula is C13H19N3O3. The molecule has 1 aromatic heterocycles. The zero-order valence-electron chi connectivity index (χ0n) is 11.6. The third-order valence-electron chi connectivity index (χ3n) is 2.14. The van der Waals surface area contributed by atoms with Gasteiger partial charge in [-0.2, -0.15) is 0 Å². The second kappa shape index (κ2) is 5.69. The molecule has 0 aliphatic heterocycles. The highest BCUT2D eigenvalue weighted by Crippen LogP contribution is 2.10. The molecule has 0 fully saturated rings. The number of nitrogens with one attached hydrogen (secondary N) is 2. The maximum atomic E-state index is 11.6. The highest BCUT2D eigenvalue weighted by Gasteiger charge is 2.13. The Bertz CT molecular complexity index is 492. The van der Waals surface area contributed by atoms with E-state index in [1.807, 2.05) is 20.8 Å². The normalized spacial score (nSPS) is 10.9. The third-order valence-corrected chi connectivity index (χ3v) is 2.14. The van der Waals surface area contributed by atoms with Gasteiger partial charge < -0.3 is 15.7 Å². The average molecular weight is 265 g/mol. The SMILES string of the molecule is Cc1cc(C(=O)O)cc(NCC(=O)NC(C)(C)C)n1. The van der Waals surface area contributed by atoms with E-state index in [9.17, 15) is 9.59 Å². The van der Waals surface area contributed by atoms with Gasteiger partial charge in [-0.05, 0) is 39.8 Å². The number of carboxylic acid groups (broad SMARTS) is 1. The van der Waals surface area contributed by atoms with Crippen LogP contribution in [0.4, 0.5) is 5.82 Å². The van der Waals surface area contributed by atoms with Gasteiger partial charge in [0.05, 0.1) is 12.1 Å². The lowest BCUT2D eigenvalue weighted by molar-refractivity contribution is -0.120. The van der Waals surface area contributed by atoms with Gasteiger partial charge in [0.1, 0.15) is 5.82 Å². The Kier molecular flexibility index (Phi) is 4.47. The van der Waals surface area contributed by atoms with Crippen LogP contribution < -0.4 is 10.6 Å². The van der Waals surface area contributed by atoms with Gasteiger partial charge in [-0.15, -0.1) is 0 Å². The number of aryl methyl sites for hydroxylation is 1. The molecule has 6 nitrogen and oxygen atoms in total. The quantitative estimate of drug-likeness (QED) is 0.765. The van der Waals surface area contributed by atoms with E-state index in [1.165, 1.54) is 12.1 Å². The van der Waals surface area contributed by atoms with Crippen molar-refractivity contribution in [2.75, 3.05) is 11.9 Å². The number of hydrogen-bond acceptors (Lipinski definition) is 4. The van der Waals surface area contributed by atoms with Crippen LogP contribution in [0, 0.1) is 6.92 Å². The second-order valence-corrected chi connectivity index (χ2v) is 5.34. The van der Waals surface area contributed by atoms with Crippen molar-refractivity contribution in [2.24, 2.45) is 0 Å². The van der Waals surface area contributed by atoms with Crippen LogP contribution in [-0.2, 0) is 4.79 Å². The predicted octanol–water partition coefficient (Wildman–Crippen LogP) is 1.41. The van der Waals surface area contributed by atoms with Crippen LogP contribution in [0.1, 0.15) is 36.8 Å². The third kappa shape index (κ3) is 5.37. The molecule has 104 valence electrons. The Hall–Kier alpha value is -2.11. The minimum atomic E-state index is -1.02. The number of aromatic nitrogens is 1. The molecular weight excluding hydrogens is 246 g/mol. The average Bonchev–Trinajstić information content (AvgIpc) is 2.23. The zero-order valence-corrected chi connectivity index (χ0v) is 11.6. The number of nitrogens with zero attached hydrogens (tertiary/aromatic N) is 1. The van der Waals surface area contributed by atoms with Crippen molar-refractivity contribution in [2.45, 2.75) is 33.2 Å². The van der Waals surface area contributed by atoms with Crippen LogP contribution in [0.2, 0.25) is 0 Å². The van der Waals surface area contributed by atoms with Gasteiger partial charge in [-0.3, -0.25) is 4.79 Å². The number of hydrogen-bond donors (Lipinski definition) is 3. The molecule has 1 amide bonds. The molecule has 0 aliphatic carbocycles. The molecule has 0 unspecified atom stereocenters. The van der Waals surface area contributed by atoms with Gasteiger partial charge in [0.25, 0.3) is 0 Å². The van der Waals surface area contributed by atoms with Gasteiger partial charge in [-0.25, -0.2) is 9.78 Å². The fourth-order valence-electron chi connectivity index (χ4n) is 1.52. The van der Waals surface area contributed by atoms with Crippen molar-refractivity contribution >= 4 is 17.7 Å². The smallest absolute Gasteiger partial charge is 0.335 e. The van der Waals surface area contributed by atoms with Gasteiger partial charge in [0, 0.05) is 11.2 Å². The van der Waals surface area contributed by atoms with E-state index in [0.717, 1.165) is 0 Å². The molecule has 19 heavy (non-hydrogen) atoms. The summed E-state index contributed by atoms with van der Waals surface area (Å²) in [5.74, 6) is -0.818. The minimum absolute atomic E-state index is 0.0484. The van der Waals surface area contributed by atoms with E-state index >= 15 is 0 Å². The molecule has 0 radical (unpaired) electrons. The summed E-state index contributed by atoms with van der Waals surface area (Å²) in [6.45, 7) is 7.41. The lowest BCUT2D eigenvalue weighted by Gasteiger charge is -2.20. The standard InChI is InChI=1S/C13H19N3O3/c1-8-5-9(12(18)19)6-10(15-8)14-7-11(17)16-13(2,3)4/h5-6H,7H2,1-4H3,(H,14,15)(H,16,17)(H,18,19). The first kappa shape index (κ1) is 14.9. The first-order valence-corrected chi connectivity index (χ1v) is 5.94. The van der Waals surface area contributed by atoms with E-state index in [-0.39, 0.29) is 23.6 Å².